The van der Waals surface area contributed by atoms with Crippen LogP contribution in [-0.2, 0) is 0 Å². The number of hydrogen-bond acceptors (Lipinski definition) is 1. The van der Waals surface area contributed by atoms with E-state index in [1.165, 1.54) is 48.4 Å². The second-order valence-corrected chi connectivity index (χ2v) is 11.8. The van der Waals surface area contributed by atoms with E-state index in [9.17, 15) is 0 Å². The van der Waals surface area contributed by atoms with Gasteiger partial charge in [0.15, 0.2) is 0 Å². The van der Waals surface area contributed by atoms with Gasteiger partial charge in [-0.1, -0.05) is 111 Å². The smallest absolute Gasteiger partial charge is 0.127 e. The van der Waals surface area contributed by atoms with E-state index in [0.29, 0.717) is 5.92 Å². The average Bonchev–Trinajstić information content (AvgIpc) is 2.66. The summed E-state index contributed by atoms with van der Waals surface area (Å²) in [6.45, 7) is 21.1. The predicted molar refractivity (Wildman–Crippen MR) is 138 cm³/mol. The zero-order chi connectivity index (χ0) is 23.2. The van der Waals surface area contributed by atoms with Crippen LogP contribution in [0.4, 0.5) is 0 Å². The first kappa shape index (κ1) is 25.8. The van der Waals surface area contributed by atoms with Gasteiger partial charge in [-0.15, -0.1) is 0 Å². The van der Waals surface area contributed by atoms with Crippen LogP contribution in [0.25, 0.3) is 10.8 Å². The predicted octanol–water partition coefficient (Wildman–Crippen LogP) is 9.78. The van der Waals surface area contributed by atoms with Crippen molar-refractivity contribution in [2.24, 2.45) is 16.7 Å². The third kappa shape index (κ3) is 6.99. The molecule has 0 bridgehead atoms. The molecule has 2 rings (SSSR count). The Balaban J connectivity index is 2.25. The van der Waals surface area contributed by atoms with Crippen LogP contribution in [0.1, 0.15) is 112 Å². The van der Waals surface area contributed by atoms with Crippen LogP contribution in [0.5, 0.6) is 5.75 Å². The molecule has 0 fully saturated rings. The number of rotatable bonds is 10. The summed E-state index contributed by atoms with van der Waals surface area (Å²) in [7, 11) is 0. The van der Waals surface area contributed by atoms with Crippen molar-refractivity contribution in [2.45, 2.75) is 113 Å². The molecule has 2 aromatic carbocycles. The van der Waals surface area contributed by atoms with E-state index in [-0.39, 0.29) is 16.9 Å². The Kier molecular flexibility index (Phi) is 9.04. The standard InChI is InChI=1S/C30H48O/c1-10-15-23(11-2)17-12-16-22(3)31-27-21-14-18-24-25(27)19-13-20-26(24)28(29(4,5)6)30(7,8)9/h13-14,18-23,28H,10-12,15-17H2,1-9H3. The molecule has 0 radical (unpaired) electrons. The highest BCUT2D eigenvalue weighted by Gasteiger charge is 2.37. The fourth-order valence-electron chi connectivity index (χ4n) is 5.82. The first-order chi connectivity index (χ1) is 14.5. The molecule has 2 atom stereocenters. The van der Waals surface area contributed by atoms with Crippen LogP contribution in [0, 0.1) is 16.7 Å². The molecule has 0 N–H and O–H groups in total. The van der Waals surface area contributed by atoms with E-state index in [0.717, 1.165) is 18.1 Å². The van der Waals surface area contributed by atoms with Gasteiger partial charge in [-0.05, 0) is 59.4 Å². The second-order valence-electron chi connectivity index (χ2n) is 11.8. The third-order valence-electron chi connectivity index (χ3n) is 6.78. The highest BCUT2D eigenvalue weighted by Crippen LogP contribution is 2.49. The molecule has 174 valence electrons. The number of fused-ring (bicyclic) bond motifs is 1. The maximum atomic E-state index is 6.51. The lowest BCUT2D eigenvalue weighted by atomic mass is 9.63. The molecular weight excluding hydrogens is 376 g/mol. The molecule has 31 heavy (non-hydrogen) atoms. The minimum Gasteiger partial charge on any atom is -0.490 e. The second kappa shape index (κ2) is 10.9. The molecule has 0 saturated carbocycles. The molecule has 0 aromatic heterocycles. The lowest BCUT2D eigenvalue weighted by molar-refractivity contribution is 0.177. The van der Waals surface area contributed by atoms with Gasteiger partial charge in [-0.3, -0.25) is 0 Å². The van der Waals surface area contributed by atoms with Crippen molar-refractivity contribution in [3.05, 3.63) is 42.0 Å². The van der Waals surface area contributed by atoms with E-state index in [4.69, 9.17) is 4.74 Å². The Labute approximate surface area is 193 Å². The van der Waals surface area contributed by atoms with Crippen LogP contribution in [-0.4, -0.2) is 6.10 Å². The van der Waals surface area contributed by atoms with Gasteiger partial charge in [0.25, 0.3) is 0 Å². The van der Waals surface area contributed by atoms with E-state index in [1.54, 1.807) is 0 Å². The van der Waals surface area contributed by atoms with Crippen molar-refractivity contribution in [1.82, 2.24) is 0 Å². The molecule has 1 heteroatoms. The normalized spacial score (nSPS) is 14.8. The molecule has 0 heterocycles. The zero-order valence-electron chi connectivity index (χ0n) is 21.8. The van der Waals surface area contributed by atoms with Crippen LogP contribution in [0.3, 0.4) is 0 Å². The van der Waals surface area contributed by atoms with Crippen molar-refractivity contribution in [2.75, 3.05) is 0 Å². The molecule has 0 aliphatic heterocycles. The lowest BCUT2D eigenvalue weighted by Crippen LogP contribution is -2.30. The van der Waals surface area contributed by atoms with Crippen LogP contribution >= 0.6 is 0 Å². The van der Waals surface area contributed by atoms with Gasteiger partial charge >= 0.3 is 0 Å². The van der Waals surface area contributed by atoms with Crippen molar-refractivity contribution < 1.29 is 4.74 Å². The number of ether oxygens (including phenoxy) is 1. The molecule has 1 nitrogen and oxygen atoms in total. The van der Waals surface area contributed by atoms with Gasteiger partial charge in [0.1, 0.15) is 5.75 Å². The number of hydrogen-bond donors (Lipinski definition) is 0. The maximum Gasteiger partial charge on any atom is 0.127 e. The van der Waals surface area contributed by atoms with E-state index in [2.05, 4.69) is 98.7 Å². The minimum absolute atomic E-state index is 0.186. The Morgan fingerprint density at radius 1 is 0.774 bits per heavy atom. The number of benzene rings is 2. The van der Waals surface area contributed by atoms with Gasteiger partial charge in [-0.2, -0.15) is 0 Å². The summed E-state index contributed by atoms with van der Waals surface area (Å²) in [5.41, 5.74) is 1.82. The molecule has 0 spiro atoms. The fraction of sp³-hybridized carbons (Fsp3) is 0.667. The SMILES string of the molecule is CCCC(CC)CCCC(C)Oc1cccc2c(C(C(C)(C)C)C(C)(C)C)cccc12. The molecular formula is C30H48O. The third-order valence-corrected chi connectivity index (χ3v) is 6.78. The Morgan fingerprint density at radius 3 is 1.97 bits per heavy atom. The highest BCUT2D eigenvalue weighted by atomic mass is 16.5. The highest BCUT2D eigenvalue weighted by molar-refractivity contribution is 5.91. The summed E-state index contributed by atoms with van der Waals surface area (Å²) in [4.78, 5) is 0. The summed E-state index contributed by atoms with van der Waals surface area (Å²) in [6, 6.07) is 13.4. The zero-order valence-corrected chi connectivity index (χ0v) is 21.8. The summed E-state index contributed by atoms with van der Waals surface area (Å²) in [6.07, 6.45) is 7.92. The summed E-state index contributed by atoms with van der Waals surface area (Å²) in [5.74, 6) is 2.37. The van der Waals surface area contributed by atoms with Crippen LogP contribution < -0.4 is 4.74 Å². The largest absolute Gasteiger partial charge is 0.490 e. The quantitative estimate of drug-likeness (QED) is 0.369. The molecule has 0 aliphatic rings. The van der Waals surface area contributed by atoms with Crippen molar-refractivity contribution in [3.8, 4) is 5.75 Å². The molecule has 2 unspecified atom stereocenters. The van der Waals surface area contributed by atoms with E-state index < -0.39 is 0 Å². The van der Waals surface area contributed by atoms with Crippen LogP contribution in [0.2, 0.25) is 0 Å². The fourth-order valence-corrected chi connectivity index (χ4v) is 5.82. The lowest BCUT2D eigenvalue weighted by Gasteiger charge is -2.42. The topological polar surface area (TPSA) is 9.23 Å². The van der Waals surface area contributed by atoms with Gasteiger partial charge in [0, 0.05) is 5.39 Å². The van der Waals surface area contributed by atoms with E-state index in [1.807, 2.05) is 0 Å². The monoisotopic (exact) mass is 424 g/mol. The summed E-state index contributed by atoms with van der Waals surface area (Å²) >= 11 is 0. The Morgan fingerprint density at radius 2 is 1.39 bits per heavy atom. The molecule has 0 saturated heterocycles. The first-order valence-corrected chi connectivity index (χ1v) is 12.7. The van der Waals surface area contributed by atoms with Gasteiger partial charge < -0.3 is 4.74 Å². The maximum absolute atomic E-state index is 6.51. The van der Waals surface area contributed by atoms with Crippen molar-refractivity contribution >= 4 is 10.8 Å². The first-order valence-electron chi connectivity index (χ1n) is 12.7. The minimum atomic E-state index is 0.186. The molecule has 0 amide bonds. The Bertz CT molecular complexity index is 791. The van der Waals surface area contributed by atoms with Gasteiger partial charge in [-0.25, -0.2) is 0 Å². The summed E-state index contributed by atoms with van der Waals surface area (Å²) < 4.78 is 6.51. The Hall–Kier alpha value is -1.50. The van der Waals surface area contributed by atoms with Gasteiger partial charge in [0.05, 0.1) is 6.10 Å². The molecule has 0 aliphatic carbocycles. The van der Waals surface area contributed by atoms with Crippen molar-refractivity contribution in [1.29, 1.82) is 0 Å². The van der Waals surface area contributed by atoms with Crippen LogP contribution in [0.15, 0.2) is 36.4 Å². The van der Waals surface area contributed by atoms with E-state index >= 15 is 0 Å². The molecule has 2 aromatic rings. The average molecular weight is 425 g/mol. The van der Waals surface area contributed by atoms with Crippen molar-refractivity contribution in [3.63, 3.8) is 0 Å². The summed E-state index contributed by atoms with van der Waals surface area (Å²) in [5, 5.41) is 2.60. The van der Waals surface area contributed by atoms with Gasteiger partial charge in [0.2, 0.25) is 0 Å².